The topological polar surface area (TPSA) is 67.4 Å². The average Bonchev–Trinajstić information content (AvgIpc) is 2.45. The molecule has 0 spiro atoms. The highest BCUT2D eigenvalue weighted by molar-refractivity contribution is 7.89. The molecule has 5 nitrogen and oxygen atoms in total. The molecule has 2 N–H and O–H groups in total. The van der Waals surface area contributed by atoms with Crippen molar-refractivity contribution < 1.29 is 13.2 Å². The van der Waals surface area contributed by atoms with Crippen LogP contribution in [0.5, 0.6) is 5.75 Å². The van der Waals surface area contributed by atoms with Gasteiger partial charge in [0.1, 0.15) is 5.75 Å². The molecule has 1 aromatic carbocycles. The Labute approximate surface area is 145 Å². The van der Waals surface area contributed by atoms with Crippen LogP contribution in [-0.2, 0) is 10.0 Å². The predicted octanol–water partition coefficient (Wildman–Crippen LogP) is 2.56. The van der Waals surface area contributed by atoms with Gasteiger partial charge in [-0.25, -0.2) is 13.1 Å². The molecule has 1 saturated heterocycles. The highest BCUT2D eigenvalue weighted by Crippen LogP contribution is 2.18. The Morgan fingerprint density at radius 3 is 2.52 bits per heavy atom. The summed E-state index contributed by atoms with van der Waals surface area (Å²) in [6.45, 7) is 7.68. The fraction of sp³-hybridized carbons (Fsp3) is 0.625. The van der Waals surface area contributed by atoms with E-state index in [1.165, 1.54) is 0 Å². The number of hydrogen-bond donors (Lipinski definition) is 2. The molecule has 2 atom stereocenters. The molecule has 0 aliphatic carbocycles. The van der Waals surface area contributed by atoms with Gasteiger partial charge >= 0.3 is 0 Å². The van der Waals surface area contributed by atoms with Crippen molar-refractivity contribution in [3.63, 3.8) is 0 Å². The van der Waals surface area contributed by atoms with E-state index in [0.717, 1.165) is 19.4 Å². The molecule has 0 radical (unpaired) electrons. The summed E-state index contributed by atoms with van der Waals surface area (Å²) in [6.07, 6.45) is 1.63. The first kappa shape index (κ1) is 20.2. The number of piperidine rings is 1. The molecule has 7 heteroatoms. The average molecular weight is 363 g/mol. The van der Waals surface area contributed by atoms with Gasteiger partial charge in [0.05, 0.1) is 11.5 Å². The van der Waals surface area contributed by atoms with Crippen molar-refractivity contribution in [2.45, 2.75) is 50.6 Å². The van der Waals surface area contributed by atoms with Crippen LogP contribution in [0.1, 0.15) is 33.6 Å². The van der Waals surface area contributed by atoms with E-state index < -0.39 is 10.0 Å². The third-order valence-corrected chi connectivity index (χ3v) is 5.20. The number of ether oxygens (including phenoxy) is 1. The highest BCUT2D eigenvalue weighted by atomic mass is 35.5. The molecule has 1 aliphatic heterocycles. The van der Waals surface area contributed by atoms with Crippen LogP contribution in [-0.4, -0.2) is 33.7 Å². The maximum absolute atomic E-state index is 12.4. The monoisotopic (exact) mass is 362 g/mol. The van der Waals surface area contributed by atoms with Gasteiger partial charge < -0.3 is 10.1 Å². The third kappa shape index (κ3) is 6.30. The van der Waals surface area contributed by atoms with Gasteiger partial charge in [0.2, 0.25) is 10.0 Å². The Morgan fingerprint density at radius 2 is 1.96 bits per heavy atom. The van der Waals surface area contributed by atoms with E-state index >= 15 is 0 Å². The van der Waals surface area contributed by atoms with Crippen molar-refractivity contribution in [1.29, 1.82) is 0 Å². The standard InChI is InChI=1S/C16H26N2O3S.ClH/c1-12(2)11-21-15-4-6-16(7-5-15)22(19,20)18-14-8-9-17-13(3)10-14;/h4-7,12-14,17-18H,8-11H2,1-3H3;1H. The minimum atomic E-state index is -3.46. The maximum atomic E-state index is 12.4. The van der Waals surface area contributed by atoms with E-state index in [4.69, 9.17) is 4.74 Å². The zero-order chi connectivity index (χ0) is 16.2. The van der Waals surface area contributed by atoms with Crippen molar-refractivity contribution in [3.05, 3.63) is 24.3 Å². The molecular weight excluding hydrogens is 336 g/mol. The molecule has 0 saturated carbocycles. The second-order valence-electron chi connectivity index (χ2n) is 6.37. The summed E-state index contributed by atoms with van der Waals surface area (Å²) in [6, 6.07) is 6.96. The maximum Gasteiger partial charge on any atom is 0.240 e. The van der Waals surface area contributed by atoms with Crippen molar-refractivity contribution in [3.8, 4) is 5.75 Å². The molecular formula is C16H27ClN2O3S. The first-order chi connectivity index (χ1) is 10.4. The zero-order valence-electron chi connectivity index (χ0n) is 13.9. The predicted molar refractivity (Wildman–Crippen MR) is 94.8 cm³/mol. The Balaban J connectivity index is 0.00000264. The smallest absolute Gasteiger partial charge is 0.240 e. The second kappa shape index (κ2) is 8.87. The van der Waals surface area contributed by atoms with E-state index in [-0.39, 0.29) is 23.3 Å². The minimum absolute atomic E-state index is 0. The lowest BCUT2D eigenvalue weighted by atomic mass is 10.0. The Bertz CT molecular complexity index is 575. The second-order valence-corrected chi connectivity index (χ2v) is 8.09. The number of halogens is 1. The SMILES string of the molecule is CC(C)COc1ccc(S(=O)(=O)NC2CCNC(C)C2)cc1.Cl. The zero-order valence-corrected chi connectivity index (χ0v) is 15.5. The summed E-state index contributed by atoms with van der Waals surface area (Å²) in [5, 5.41) is 3.32. The number of benzene rings is 1. The van der Waals surface area contributed by atoms with Gasteiger partial charge in [-0.15, -0.1) is 12.4 Å². The van der Waals surface area contributed by atoms with E-state index in [9.17, 15) is 8.42 Å². The van der Waals surface area contributed by atoms with Gasteiger partial charge in [-0.2, -0.15) is 0 Å². The van der Waals surface area contributed by atoms with Crippen molar-refractivity contribution in [2.75, 3.05) is 13.2 Å². The summed E-state index contributed by atoms with van der Waals surface area (Å²) >= 11 is 0. The molecule has 0 bridgehead atoms. The number of hydrogen-bond acceptors (Lipinski definition) is 4. The summed E-state index contributed by atoms with van der Waals surface area (Å²) in [5.41, 5.74) is 0. The summed E-state index contributed by atoms with van der Waals surface area (Å²) < 4.78 is 33.2. The van der Waals surface area contributed by atoms with Gasteiger partial charge in [0.15, 0.2) is 0 Å². The molecule has 1 fully saturated rings. The normalized spacial score (nSPS) is 21.7. The quantitative estimate of drug-likeness (QED) is 0.816. The lowest BCUT2D eigenvalue weighted by molar-refractivity contribution is 0.271. The highest BCUT2D eigenvalue weighted by Gasteiger charge is 2.24. The summed E-state index contributed by atoms with van der Waals surface area (Å²) in [7, 11) is -3.46. The fourth-order valence-corrected chi connectivity index (χ4v) is 3.79. The summed E-state index contributed by atoms with van der Waals surface area (Å²) in [4.78, 5) is 0.288. The van der Waals surface area contributed by atoms with Gasteiger partial charge in [0, 0.05) is 12.1 Å². The Morgan fingerprint density at radius 1 is 1.30 bits per heavy atom. The van der Waals surface area contributed by atoms with Crippen LogP contribution in [0.2, 0.25) is 0 Å². The molecule has 132 valence electrons. The van der Waals surface area contributed by atoms with E-state index in [1.807, 2.05) is 0 Å². The van der Waals surface area contributed by atoms with Crippen LogP contribution < -0.4 is 14.8 Å². The third-order valence-electron chi connectivity index (χ3n) is 3.66. The molecule has 2 unspecified atom stereocenters. The number of nitrogens with one attached hydrogen (secondary N) is 2. The molecule has 1 heterocycles. The molecule has 0 aromatic heterocycles. The van der Waals surface area contributed by atoms with Crippen LogP contribution >= 0.6 is 12.4 Å². The van der Waals surface area contributed by atoms with Crippen molar-refractivity contribution >= 4 is 22.4 Å². The summed E-state index contributed by atoms with van der Waals surface area (Å²) in [5.74, 6) is 1.13. The number of sulfonamides is 1. The van der Waals surface area contributed by atoms with E-state index in [2.05, 4.69) is 30.8 Å². The lowest BCUT2D eigenvalue weighted by Gasteiger charge is -2.28. The van der Waals surface area contributed by atoms with Crippen LogP contribution in [0.15, 0.2) is 29.2 Å². The van der Waals surface area contributed by atoms with Gasteiger partial charge in [0.25, 0.3) is 0 Å². The van der Waals surface area contributed by atoms with E-state index in [0.29, 0.717) is 24.3 Å². The van der Waals surface area contributed by atoms with Crippen LogP contribution in [0.25, 0.3) is 0 Å². The van der Waals surface area contributed by atoms with Crippen molar-refractivity contribution in [2.24, 2.45) is 5.92 Å². The molecule has 1 aliphatic rings. The molecule has 2 rings (SSSR count). The first-order valence-corrected chi connectivity index (χ1v) is 9.33. The lowest BCUT2D eigenvalue weighted by Crippen LogP contribution is -2.46. The van der Waals surface area contributed by atoms with Gasteiger partial charge in [-0.05, 0) is 56.5 Å². The van der Waals surface area contributed by atoms with Gasteiger partial charge in [-0.3, -0.25) is 0 Å². The Hall–Kier alpha value is -0.820. The van der Waals surface area contributed by atoms with Crippen molar-refractivity contribution in [1.82, 2.24) is 10.0 Å². The van der Waals surface area contributed by atoms with E-state index in [1.54, 1.807) is 24.3 Å². The first-order valence-electron chi connectivity index (χ1n) is 7.85. The largest absolute Gasteiger partial charge is 0.493 e. The van der Waals surface area contributed by atoms with Gasteiger partial charge in [-0.1, -0.05) is 13.8 Å². The molecule has 1 aromatic rings. The van der Waals surface area contributed by atoms with Crippen LogP contribution in [0.4, 0.5) is 0 Å². The molecule has 0 amide bonds. The van der Waals surface area contributed by atoms with Crippen LogP contribution in [0, 0.1) is 5.92 Å². The minimum Gasteiger partial charge on any atom is -0.493 e. The fourth-order valence-electron chi connectivity index (χ4n) is 2.50. The Kier molecular flexibility index (Phi) is 7.80. The number of rotatable bonds is 6. The van der Waals surface area contributed by atoms with Crippen LogP contribution in [0.3, 0.4) is 0 Å². The molecule has 23 heavy (non-hydrogen) atoms.